The first kappa shape index (κ1) is 14.3. The third-order valence-electron chi connectivity index (χ3n) is 2.30. The molecule has 0 aromatic rings. The van der Waals surface area contributed by atoms with Crippen molar-refractivity contribution in [3.8, 4) is 0 Å². The first-order valence-electron chi connectivity index (χ1n) is 4.51. The predicted molar refractivity (Wildman–Crippen MR) is 47.9 cm³/mol. The van der Waals surface area contributed by atoms with Gasteiger partial charge in [0.2, 0.25) is 0 Å². The normalized spacial score (nSPS) is 24.6. The summed E-state index contributed by atoms with van der Waals surface area (Å²) in [5.41, 5.74) is -6.03. The Kier molecular flexibility index (Phi) is 3.59. The van der Waals surface area contributed by atoms with Gasteiger partial charge >= 0.3 is 5.97 Å². The summed E-state index contributed by atoms with van der Waals surface area (Å²) in [6.45, 7) is 2.00. The lowest BCUT2D eigenvalue weighted by Crippen LogP contribution is -2.40. The van der Waals surface area contributed by atoms with Crippen LogP contribution in [0.3, 0.4) is 0 Å². The Hall–Kier alpha value is -1.73. The molecule has 0 aliphatic heterocycles. The van der Waals surface area contributed by atoms with Crippen LogP contribution in [0.25, 0.3) is 0 Å². The van der Waals surface area contributed by atoms with E-state index in [2.05, 4.69) is 4.94 Å². The van der Waals surface area contributed by atoms with Crippen molar-refractivity contribution in [1.29, 1.82) is 0 Å². The lowest BCUT2D eigenvalue weighted by molar-refractivity contribution is -0.194. The van der Waals surface area contributed by atoms with Gasteiger partial charge in [-0.15, -0.1) is 0 Å². The summed E-state index contributed by atoms with van der Waals surface area (Å²) in [6.07, 6.45) is 0. The topological polar surface area (TPSA) is 26.3 Å². The maximum atomic E-state index is 14.1. The molecule has 0 aromatic carbocycles. The van der Waals surface area contributed by atoms with Gasteiger partial charge in [0.15, 0.2) is 23.3 Å². The van der Waals surface area contributed by atoms with Gasteiger partial charge in [0.05, 0.1) is 0 Å². The minimum atomic E-state index is -4.18. The summed E-state index contributed by atoms with van der Waals surface area (Å²) in [6, 6.07) is 0. The minimum absolute atomic E-state index is 0.391. The number of allylic oxidation sites excluding steroid dienone is 4. The molecule has 0 aromatic heterocycles. The third-order valence-corrected chi connectivity index (χ3v) is 2.30. The third kappa shape index (κ3) is 1.72. The molecule has 0 saturated heterocycles. The molecule has 2 nitrogen and oxygen atoms in total. The zero-order chi connectivity index (χ0) is 14.2. The van der Waals surface area contributed by atoms with Crippen molar-refractivity contribution in [2.24, 2.45) is 0 Å². The Morgan fingerprint density at radius 1 is 1.06 bits per heavy atom. The van der Waals surface area contributed by atoms with Gasteiger partial charge < -0.3 is 0 Å². The Bertz CT molecular complexity index is 500. The first-order chi connectivity index (χ1) is 8.19. The molecule has 0 spiro atoms. The molecule has 1 rings (SSSR count). The molecular weight excluding hydrogens is 266 g/mol. The van der Waals surface area contributed by atoms with Crippen LogP contribution in [0.15, 0.2) is 34.5 Å². The van der Waals surface area contributed by atoms with Gasteiger partial charge in [0.25, 0.3) is 5.67 Å². The van der Waals surface area contributed by atoms with Gasteiger partial charge in [0, 0.05) is 10.1 Å². The molecular formula is C10H6F6O2. The number of hydrogen-bond acceptors (Lipinski definition) is 2. The Morgan fingerprint density at radius 3 is 1.94 bits per heavy atom. The highest BCUT2D eigenvalue weighted by molar-refractivity contribution is 5.90. The highest BCUT2D eigenvalue weighted by atomic mass is 19.3. The van der Waals surface area contributed by atoms with Crippen molar-refractivity contribution in [2.45, 2.75) is 19.5 Å². The number of alkyl halides is 1. The molecule has 1 aliphatic rings. The van der Waals surface area contributed by atoms with E-state index < -0.39 is 46.1 Å². The second kappa shape index (κ2) is 4.51. The highest BCUT2D eigenvalue weighted by Gasteiger charge is 2.57. The molecule has 1 unspecified atom stereocenters. The molecule has 1 aliphatic carbocycles. The summed E-state index contributed by atoms with van der Waals surface area (Å²) >= 11 is 0. The molecule has 18 heavy (non-hydrogen) atoms. The standard InChI is InChI=1S/C10H6F6O2/c1-3(2)4-5(11)6(12)7(13)8(14)10(4,15)9(17)18-16/h1-2H3. The molecule has 0 bridgehead atoms. The molecule has 0 saturated carbocycles. The predicted octanol–water partition coefficient (Wildman–Crippen LogP) is 3.77. The fourth-order valence-electron chi connectivity index (χ4n) is 1.52. The van der Waals surface area contributed by atoms with Crippen LogP contribution in [0.2, 0.25) is 0 Å². The second-order valence-corrected chi connectivity index (χ2v) is 3.65. The van der Waals surface area contributed by atoms with Gasteiger partial charge in [-0.25, -0.2) is 26.7 Å². The van der Waals surface area contributed by atoms with Gasteiger partial charge in [-0.05, 0) is 13.8 Å². The van der Waals surface area contributed by atoms with E-state index in [0.29, 0.717) is 0 Å². The second-order valence-electron chi connectivity index (χ2n) is 3.65. The zero-order valence-electron chi connectivity index (χ0n) is 9.08. The smallest absolute Gasteiger partial charge is 0.250 e. The first-order valence-corrected chi connectivity index (χ1v) is 4.51. The lowest BCUT2D eigenvalue weighted by atomic mass is 9.85. The van der Waals surface area contributed by atoms with Crippen LogP contribution in [-0.2, 0) is 9.74 Å². The maximum Gasteiger partial charge on any atom is 0.397 e. The quantitative estimate of drug-likeness (QED) is 0.679. The summed E-state index contributed by atoms with van der Waals surface area (Å²) in [5.74, 6) is -12.1. The average molecular weight is 272 g/mol. The van der Waals surface area contributed by atoms with E-state index in [1.807, 2.05) is 0 Å². The lowest BCUT2D eigenvalue weighted by Gasteiger charge is -2.26. The SMILES string of the molecule is CC(C)=C1C(F)=C(F)C(F)=C(F)C1(F)C(=O)OF. The van der Waals surface area contributed by atoms with Crippen LogP contribution in [0.5, 0.6) is 0 Å². The van der Waals surface area contributed by atoms with E-state index in [9.17, 15) is 31.3 Å². The number of hydrogen-bond donors (Lipinski definition) is 0. The number of halogens is 6. The van der Waals surface area contributed by atoms with E-state index in [4.69, 9.17) is 0 Å². The van der Waals surface area contributed by atoms with E-state index in [1.165, 1.54) is 0 Å². The fraction of sp³-hybridized carbons (Fsp3) is 0.300. The summed E-state index contributed by atoms with van der Waals surface area (Å²) in [5, 5.41) is 0. The summed E-state index contributed by atoms with van der Waals surface area (Å²) < 4.78 is 78.2. The van der Waals surface area contributed by atoms with Crippen molar-refractivity contribution in [3.63, 3.8) is 0 Å². The Labute approximate surface area is 97.1 Å². The molecule has 1 atom stereocenters. The van der Waals surface area contributed by atoms with E-state index in [0.717, 1.165) is 13.8 Å². The van der Waals surface area contributed by atoms with Crippen LogP contribution >= 0.6 is 0 Å². The molecule has 0 heterocycles. The van der Waals surface area contributed by atoms with Crippen molar-refractivity contribution in [1.82, 2.24) is 0 Å². The van der Waals surface area contributed by atoms with Crippen molar-refractivity contribution in [3.05, 3.63) is 34.5 Å². The molecule has 0 fully saturated rings. The number of carbonyl (C=O) groups is 1. The molecule has 100 valence electrons. The fourth-order valence-corrected chi connectivity index (χ4v) is 1.52. The van der Waals surface area contributed by atoms with Crippen LogP contribution < -0.4 is 0 Å². The van der Waals surface area contributed by atoms with Crippen LogP contribution in [0.1, 0.15) is 13.8 Å². The van der Waals surface area contributed by atoms with Crippen LogP contribution in [0.4, 0.5) is 26.5 Å². The molecule has 0 N–H and O–H groups in total. The van der Waals surface area contributed by atoms with Crippen LogP contribution in [-0.4, -0.2) is 11.6 Å². The molecule has 8 heteroatoms. The number of carbonyl (C=O) groups excluding carboxylic acids is 1. The van der Waals surface area contributed by atoms with Gasteiger partial charge in [-0.3, -0.25) is 4.94 Å². The van der Waals surface area contributed by atoms with Crippen LogP contribution in [0, 0.1) is 0 Å². The maximum absolute atomic E-state index is 14.1. The van der Waals surface area contributed by atoms with Gasteiger partial charge in [-0.1, -0.05) is 5.57 Å². The average Bonchev–Trinajstić information content (AvgIpc) is 2.32. The van der Waals surface area contributed by atoms with E-state index >= 15 is 0 Å². The monoisotopic (exact) mass is 272 g/mol. The van der Waals surface area contributed by atoms with E-state index in [-0.39, 0.29) is 0 Å². The Morgan fingerprint density at radius 2 is 1.56 bits per heavy atom. The van der Waals surface area contributed by atoms with Gasteiger partial charge in [0.1, 0.15) is 0 Å². The van der Waals surface area contributed by atoms with E-state index in [1.54, 1.807) is 0 Å². The number of rotatable bonds is 1. The summed E-state index contributed by atoms with van der Waals surface area (Å²) in [4.78, 5) is 13.3. The molecule has 0 amide bonds. The van der Waals surface area contributed by atoms with Crippen molar-refractivity contribution < 1.29 is 36.2 Å². The van der Waals surface area contributed by atoms with Gasteiger partial charge in [-0.2, -0.15) is 0 Å². The zero-order valence-corrected chi connectivity index (χ0v) is 9.08. The van der Waals surface area contributed by atoms with Crippen molar-refractivity contribution in [2.75, 3.05) is 0 Å². The molecule has 0 radical (unpaired) electrons. The summed E-state index contributed by atoms with van der Waals surface area (Å²) in [7, 11) is 0. The minimum Gasteiger partial charge on any atom is -0.250 e. The van der Waals surface area contributed by atoms with Crippen molar-refractivity contribution >= 4 is 5.97 Å². The Balaban J connectivity index is 3.71. The largest absolute Gasteiger partial charge is 0.397 e. The highest BCUT2D eigenvalue weighted by Crippen LogP contribution is 2.48.